The second-order valence-corrected chi connectivity index (χ2v) is 12.9. The van der Waals surface area contributed by atoms with Gasteiger partial charge in [0.2, 0.25) is 5.91 Å². The van der Waals surface area contributed by atoms with Crippen molar-refractivity contribution in [1.29, 1.82) is 0 Å². The smallest absolute Gasteiger partial charge is 0.434 e. The topological polar surface area (TPSA) is 155 Å². The largest absolute Gasteiger partial charge is 0.489 e. The molecule has 0 unspecified atom stereocenters. The van der Waals surface area contributed by atoms with Crippen molar-refractivity contribution in [2.75, 3.05) is 18.9 Å². The molecule has 2 saturated carbocycles. The Morgan fingerprint density at radius 2 is 1.90 bits per heavy atom. The Labute approximate surface area is 284 Å². The lowest BCUT2D eigenvalue weighted by molar-refractivity contribution is -0.149. The molecule has 1 aliphatic heterocycles. The number of alkyl halides is 7. The number of anilines is 1. The van der Waals surface area contributed by atoms with Crippen LogP contribution in [0.1, 0.15) is 71.4 Å². The van der Waals surface area contributed by atoms with Crippen LogP contribution in [0.15, 0.2) is 35.5 Å². The maximum absolute atomic E-state index is 14.8. The number of fused-ring (bicyclic) bond motifs is 1. The predicted octanol–water partition coefficient (Wildman–Crippen LogP) is 6.03. The number of ether oxygens (including phenoxy) is 2. The summed E-state index contributed by atoms with van der Waals surface area (Å²) in [6.45, 7) is -0.263. The quantitative estimate of drug-likeness (QED) is 0.0997. The van der Waals surface area contributed by atoms with Gasteiger partial charge in [-0.2, -0.15) is 26.3 Å². The van der Waals surface area contributed by atoms with Gasteiger partial charge in [0.1, 0.15) is 35.1 Å². The van der Waals surface area contributed by atoms with Gasteiger partial charge in [0, 0.05) is 54.1 Å². The Bertz CT molecular complexity index is 1910. The number of pyridine rings is 2. The molecule has 6 rings (SSSR count). The van der Waals surface area contributed by atoms with Gasteiger partial charge in [-0.05, 0) is 44.0 Å². The van der Waals surface area contributed by atoms with Crippen molar-refractivity contribution in [2.24, 2.45) is 10.7 Å². The SMILES string of the molecule is C[C@]1(C(N)=O)COc2c1cc([C@@H](CNC(=O)c1cc(/C=N/C3(F)CC3)c(N)c(OC3CC3)c1)C(F)(F)F)nc2-c1ccnc(C(F)(F)F)c1Cl. The average molecular weight is 729 g/mol. The number of carbonyl (C=O) groups excluding carboxylic acids is 2. The molecular weight excluding hydrogens is 701 g/mol. The van der Waals surface area contributed by atoms with E-state index in [0.29, 0.717) is 0 Å². The summed E-state index contributed by atoms with van der Waals surface area (Å²) in [5.74, 6) is -6.51. The molecule has 10 nitrogen and oxygen atoms in total. The Morgan fingerprint density at radius 1 is 1.20 bits per heavy atom. The van der Waals surface area contributed by atoms with Crippen molar-refractivity contribution in [3.63, 3.8) is 0 Å². The molecule has 50 heavy (non-hydrogen) atoms. The summed E-state index contributed by atoms with van der Waals surface area (Å²) < 4.78 is 111. The van der Waals surface area contributed by atoms with Crippen LogP contribution in [0.4, 0.5) is 36.4 Å². The van der Waals surface area contributed by atoms with Crippen molar-refractivity contribution in [3.05, 3.63) is 63.6 Å². The van der Waals surface area contributed by atoms with Gasteiger partial charge in [-0.3, -0.25) is 19.6 Å². The maximum atomic E-state index is 14.8. The molecule has 3 heterocycles. The van der Waals surface area contributed by atoms with E-state index in [-0.39, 0.29) is 52.8 Å². The molecule has 2 amide bonds. The summed E-state index contributed by atoms with van der Waals surface area (Å²) in [6.07, 6.45) is -6.57. The minimum Gasteiger partial charge on any atom is -0.489 e. The molecule has 2 aromatic heterocycles. The Morgan fingerprint density at radius 3 is 2.50 bits per heavy atom. The highest BCUT2D eigenvalue weighted by Crippen LogP contribution is 2.49. The molecule has 0 saturated heterocycles. The zero-order chi connectivity index (χ0) is 36.4. The number of carbonyl (C=O) groups is 2. The molecule has 5 N–H and O–H groups in total. The number of primary amides is 1. The van der Waals surface area contributed by atoms with Gasteiger partial charge >= 0.3 is 12.4 Å². The fraction of sp³-hybridized carbons (Fsp3) is 0.406. The van der Waals surface area contributed by atoms with Crippen molar-refractivity contribution >= 4 is 35.3 Å². The Balaban J connectivity index is 1.39. The molecule has 1 aromatic carbocycles. The summed E-state index contributed by atoms with van der Waals surface area (Å²) in [5.41, 5.74) is 6.63. The maximum Gasteiger partial charge on any atom is 0.434 e. The first-order chi connectivity index (χ1) is 23.3. The van der Waals surface area contributed by atoms with Crippen molar-refractivity contribution in [3.8, 4) is 22.8 Å². The molecule has 266 valence electrons. The molecule has 3 aliphatic rings. The molecule has 2 fully saturated rings. The summed E-state index contributed by atoms with van der Waals surface area (Å²) >= 11 is 6.08. The minimum atomic E-state index is -5.09. The highest BCUT2D eigenvalue weighted by molar-refractivity contribution is 6.34. The first-order valence-electron chi connectivity index (χ1n) is 15.2. The normalized spacial score (nSPS) is 20.3. The number of nitrogen functional groups attached to an aromatic ring is 1. The van der Waals surface area contributed by atoms with Crippen LogP contribution in [-0.2, 0) is 16.4 Å². The average Bonchev–Trinajstić information content (AvgIpc) is 3.96. The van der Waals surface area contributed by atoms with Gasteiger partial charge < -0.3 is 26.3 Å². The van der Waals surface area contributed by atoms with E-state index in [1.54, 1.807) is 0 Å². The Kier molecular flexibility index (Phi) is 8.64. The van der Waals surface area contributed by atoms with E-state index in [1.165, 1.54) is 19.1 Å². The number of amides is 2. The molecule has 3 aromatic rings. The number of nitrogens with two attached hydrogens (primary N) is 2. The third-order valence-corrected chi connectivity index (χ3v) is 9.00. The van der Waals surface area contributed by atoms with E-state index in [0.717, 1.165) is 37.4 Å². The number of hydrogen-bond acceptors (Lipinski definition) is 8. The summed E-state index contributed by atoms with van der Waals surface area (Å²) in [5, 5.41) is 1.26. The minimum absolute atomic E-state index is 0.0626. The zero-order valence-corrected chi connectivity index (χ0v) is 26.8. The van der Waals surface area contributed by atoms with E-state index in [2.05, 4.69) is 20.3 Å². The fourth-order valence-electron chi connectivity index (χ4n) is 5.24. The predicted molar refractivity (Wildman–Crippen MR) is 166 cm³/mol. The highest BCUT2D eigenvalue weighted by atomic mass is 35.5. The van der Waals surface area contributed by atoms with Gasteiger partial charge in [0.25, 0.3) is 5.91 Å². The van der Waals surface area contributed by atoms with Crippen LogP contribution in [0, 0.1) is 0 Å². The van der Waals surface area contributed by atoms with Crippen molar-refractivity contribution in [1.82, 2.24) is 15.3 Å². The standard InChI is InChI=1S/C32H28ClF7N6O4/c1-29(28(42)48)13-49-25-18(29)10-20(46-24(25)17-4-7-43-26(22(17)33)32(38,39)40)19(31(35,36)37)12-44-27(47)14-8-15(11-45-30(34)5-6-30)23(41)21(9-14)50-16-2-3-16/h4,7-11,16,19H,2-3,5-6,12-13,41H2,1H3,(H2,42,48)(H,44,47)/b45-11+/t19-,29+/m1/s1. The van der Waals surface area contributed by atoms with E-state index in [9.17, 15) is 40.3 Å². The van der Waals surface area contributed by atoms with Crippen LogP contribution in [0.5, 0.6) is 11.5 Å². The van der Waals surface area contributed by atoms with Gasteiger partial charge in [-0.15, -0.1) is 0 Å². The molecule has 2 aliphatic carbocycles. The molecule has 0 radical (unpaired) electrons. The van der Waals surface area contributed by atoms with Crippen LogP contribution in [0.25, 0.3) is 11.3 Å². The summed E-state index contributed by atoms with van der Waals surface area (Å²) in [4.78, 5) is 37.0. The number of aromatic nitrogens is 2. The number of rotatable bonds is 10. The van der Waals surface area contributed by atoms with E-state index in [1.807, 2.05) is 0 Å². The number of hydrogen-bond donors (Lipinski definition) is 3. The third-order valence-electron chi connectivity index (χ3n) is 8.62. The van der Waals surface area contributed by atoms with Crippen LogP contribution in [-0.4, -0.2) is 59.2 Å². The van der Waals surface area contributed by atoms with Crippen molar-refractivity contribution in [2.45, 2.75) is 68.2 Å². The van der Waals surface area contributed by atoms with E-state index >= 15 is 0 Å². The van der Waals surface area contributed by atoms with E-state index in [4.69, 9.17) is 32.5 Å². The van der Waals surface area contributed by atoms with E-state index < -0.39 is 82.1 Å². The monoisotopic (exact) mass is 728 g/mol. The molecule has 0 spiro atoms. The lowest BCUT2D eigenvalue weighted by Gasteiger charge is -2.24. The Hall–Kier alpha value is -4.67. The highest BCUT2D eigenvalue weighted by Gasteiger charge is 2.48. The first-order valence-corrected chi connectivity index (χ1v) is 15.6. The lowest BCUT2D eigenvalue weighted by Crippen LogP contribution is -2.40. The molecule has 2 atom stereocenters. The molecule has 0 bridgehead atoms. The number of benzene rings is 1. The van der Waals surface area contributed by atoms with Crippen LogP contribution in [0.3, 0.4) is 0 Å². The van der Waals surface area contributed by atoms with Gasteiger partial charge in [0.05, 0.1) is 22.5 Å². The second kappa shape index (κ2) is 12.3. The lowest BCUT2D eigenvalue weighted by atomic mass is 9.82. The van der Waals surface area contributed by atoms with Crippen molar-refractivity contribution < 1.29 is 49.8 Å². The van der Waals surface area contributed by atoms with Gasteiger partial charge in [-0.1, -0.05) is 11.6 Å². The summed E-state index contributed by atoms with van der Waals surface area (Å²) in [7, 11) is 0. The zero-order valence-electron chi connectivity index (χ0n) is 26.0. The molecular formula is C32H28ClF7N6O4. The van der Waals surface area contributed by atoms with Gasteiger partial charge in [-0.25, -0.2) is 9.37 Å². The number of aliphatic imine (C=N–C) groups is 1. The number of nitrogens with zero attached hydrogens (tertiary/aromatic N) is 3. The van der Waals surface area contributed by atoms with Crippen LogP contribution >= 0.6 is 11.6 Å². The number of halogens is 8. The number of nitrogens with one attached hydrogen (secondary N) is 1. The van der Waals surface area contributed by atoms with Gasteiger partial charge in [0.15, 0.2) is 11.5 Å². The molecule has 18 heteroatoms. The second-order valence-electron chi connectivity index (χ2n) is 12.6. The first kappa shape index (κ1) is 35.2. The van der Waals surface area contributed by atoms with Crippen LogP contribution in [0.2, 0.25) is 5.02 Å². The summed E-state index contributed by atoms with van der Waals surface area (Å²) in [6, 6.07) is 4.41. The van der Waals surface area contributed by atoms with Crippen LogP contribution < -0.4 is 26.3 Å². The third kappa shape index (κ3) is 6.87. The fourth-order valence-corrected chi connectivity index (χ4v) is 5.55.